The number of benzene rings is 1. The van der Waals surface area contributed by atoms with E-state index in [0.717, 1.165) is 12.8 Å². The second-order valence-electron chi connectivity index (χ2n) is 4.79. The molecule has 1 aromatic rings. The van der Waals surface area contributed by atoms with Crippen LogP contribution < -0.4 is 5.32 Å². The minimum absolute atomic E-state index is 0.0892. The fourth-order valence-electron chi connectivity index (χ4n) is 1.84. The summed E-state index contributed by atoms with van der Waals surface area (Å²) in [6.07, 6.45) is 1.66. The Hall–Kier alpha value is -1.69. The summed E-state index contributed by atoms with van der Waals surface area (Å²) in [5, 5.41) is 11.0. The molecule has 0 saturated heterocycles. The molecule has 116 valence electrons. The van der Waals surface area contributed by atoms with Crippen molar-refractivity contribution in [3.05, 3.63) is 29.8 Å². The summed E-state index contributed by atoms with van der Waals surface area (Å²) in [4.78, 5) is 23.3. The van der Waals surface area contributed by atoms with Gasteiger partial charge in [0.15, 0.2) is 0 Å². The number of amides is 1. The summed E-state index contributed by atoms with van der Waals surface area (Å²) in [7, 11) is -1.51. The van der Waals surface area contributed by atoms with Gasteiger partial charge < -0.3 is 10.4 Å². The van der Waals surface area contributed by atoms with Crippen LogP contribution in [0.3, 0.4) is 0 Å². The molecule has 1 aromatic carbocycles. The van der Waals surface area contributed by atoms with Gasteiger partial charge in [0.25, 0.3) is 0 Å². The Bertz CT molecular complexity index is 523. The molecule has 2 N–H and O–H groups in total. The Morgan fingerprint density at radius 1 is 1.19 bits per heavy atom. The molecule has 0 aliphatic carbocycles. The van der Waals surface area contributed by atoms with Crippen LogP contribution in [-0.4, -0.2) is 32.5 Å². The highest BCUT2D eigenvalue weighted by Gasteiger charge is 2.23. The van der Waals surface area contributed by atoms with Crippen LogP contribution in [-0.2, 0) is 15.6 Å². The zero-order chi connectivity index (χ0) is 16.0. The Labute approximate surface area is 127 Å². The first-order chi connectivity index (χ1) is 9.90. The van der Waals surface area contributed by atoms with Gasteiger partial charge in [0.1, 0.15) is 5.25 Å². The van der Waals surface area contributed by atoms with Crippen molar-refractivity contribution in [2.75, 3.05) is 0 Å². The highest BCUT2D eigenvalue weighted by atomic mass is 32.2. The van der Waals surface area contributed by atoms with Crippen LogP contribution in [0.5, 0.6) is 0 Å². The average molecular weight is 311 g/mol. The van der Waals surface area contributed by atoms with Crippen molar-refractivity contribution >= 4 is 22.7 Å². The molecule has 2 atom stereocenters. The number of carboxylic acids is 1. The quantitative estimate of drug-likeness (QED) is 0.808. The lowest BCUT2D eigenvalue weighted by Crippen LogP contribution is -2.41. The van der Waals surface area contributed by atoms with Gasteiger partial charge in [-0.05, 0) is 44.0 Å². The molecule has 0 aromatic heterocycles. The minimum Gasteiger partial charge on any atom is -0.478 e. The summed E-state index contributed by atoms with van der Waals surface area (Å²) >= 11 is 0. The van der Waals surface area contributed by atoms with E-state index in [-0.39, 0.29) is 17.5 Å². The van der Waals surface area contributed by atoms with Crippen molar-refractivity contribution in [1.29, 1.82) is 0 Å². The maximum absolute atomic E-state index is 12.3. The monoisotopic (exact) mass is 311 g/mol. The summed E-state index contributed by atoms with van der Waals surface area (Å²) in [5.74, 6) is -1.28. The molecule has 0 fully saturated rings. The number of carbonyl (C=O) groups is 2. The van der Waals surface area contributed by atoms with E-state index < -0.39 is 22.0 Å². The molecule has 0 aliphatic heterocycles. The topological polar surface area (TPSA) is 83.5 Å². The van der Waals surface area contributed by atoms with Crippen molar-refractivity contribution < 1.29 is 18.9 Å². The first kappa shape index (κ1) is 17.4. The first-order valence-electron chi connectivity index (χ1n) is 6.95. The van der Waals surface area contributed by atoms with E-state index in [1.165, 1.54) is 24.3 Å². The lowest BCUT2D eigenvalue weighted by Gasteiger charge is -2.18. The largest absolute Gasteiger partial charge is 0.478 e. The third-order valence-corrected chi connectivity index (χ3v) is 4.95. The predicted molar refractivity (Wildman–Crippen MR) is 81.8 cm³/mol. The van der Waals surface area contributed by atoms with Crippen LogP contribution >= 0.6 is 0 Å². The van der Waals surface area contributed by atoms with Crippen molar-refractivity contribution in [3.8, 4) is 0 Å². The van der Waals surface area contributed by atoms with Crippen molar-refractivity contribution in [2.45, 2.75) is 49.8 Å². The lowest BCUT2D eigenvalue weighted by molar-refractivity contribution is -0.121. The number of carbonyl (C=O) groups excluding carboxylic acids is 1. The van der Waals surface area contributed by atoms with Crippen LogP contribution in [0.25, 0.3) is 0 Å². The predicted octanol–water partition coefficient (Wildman–Crippen LogP) is 2.19. The average Bonchev–Trinajstić information content (AvgIpc) is 2.50. The standard InChI is InChI=1S/C15H21NO4S/c1-4-12(5-2)16-14(17)10(3)21(20)13-8-6-11(7-9-13)15(18)19/h6-10,12H,4-5H2,1-3H3,(H,16,17)(H,18,19). The van der Waals surface area contributed by atoms with Crippen molar-refractivity contribution in [3.63, 3.8) is 0 Å². The van der Waals surface area contributed by atoms with Crippen LogP contribution in [0, 0.1) is 0 Å². The molecule has 5 nitrogen and oxygen atoms in total. The second-order valence-corrected chi connectivity index (χ2v) is 6.56. The van der Waals surface area contributed by atoms with Crippen LogP contribution in [0.1, 0.15) is 44.0 Å². The molecule has 0 spiro atoms. The van der Waals surface area contributed by atoms with Gasteiger partial charge in [-0.2, -0.15) is 0 Å². The van der Waals surface area contributed by atoms with Gasteiger partial charge in [-0.3, -0.25) is 9.00 Å². The van der Waals surface area contributed by atoms with Gasteiger partial charge in [0, 0.05) is 10.9 Å². The Morgan fingerprint density at radius 3 is 2.14 bits per heavy atom. The second kappa shape index (κ2) is 7.93. The Kier molecular flexibility index (Phi) is 6.55. The van der Waals surface area contributed by atoms with Gasteiger partial charge in [-0.25, -0.2) is 4.79 Å². The molecular formula is C15H21NO4S. The fourth-order valence-corrected chi connectivity index (χ4v) is 2.92. The van der Waals surface area contributed by atoms with E-state index in [4.69, 9.17) is 5.11 Å². The summed E-state index contributed by atoms with van der Waals surface area (Å²) in [5.41, 5.74) is 0.130. The lowest BCUT2D eigenvalue weighted by atomic mass is 10.2. The highest BCUT2D eigenvalue weighted by molar-refractivity contribution is 7.86. The zero-order valence-corrected chi connectivity index (χ0v) is 13.3. The molecule has 0 bridgehead atoms. The number of aromatic carboxylic acids is 1. The highest BCUT2D eigenvalue weighted by Crippen LogP contribution is 2.13. The molecule has 1 amide bonds. The van der Waals surface area contributed by atoms with E-state index in [9.17, 15) is 13.8 Å². The van der Waals surface area contributed by atoms with Gasteiger partial charge >= 0.3 is 5.97 Å². The van der Waals surface area contributed by atoms with Crippen LogP contribution in [0.15, 0.2) is 29.2 Å². The molecule has 0 saturated carbocycles. The van der Waals surface area contributed by atoms with Gasteiger partial charge in [0.2, 0.25) is 5.91 Å². The molecule has 21 heavy (non-hydrogen) atoms. The normalized spacial score (nSPS) is 13.7. The number of nitrogens with one attached hydrogen (secondary N) is 1. The molecule has 2 unspecified atom stereocenters. The summed E-state index contributed by atoms with van der Waals surface area (Å²) in [6.45, 7) is 5.58. The molecule has 0 radical (unpaired) electrons. The van der Waals surface area contributed by atoms with Gasteiger partial charge in [0.05, 0.1) is 16.4 Å². The fraction of sp³-hybridized carbons (Fsp3) is 0.467. The molecule has 1 rings (SSSR count). The van der Waals surface area contributed by atoms with Crippen LogP contribution in [0.4, 0.5) is 0 Å². The Morgan fingerprint density at radius 2 is 1.71 bits per heavy atom. The maximum Gasteiger partial charge on any atom is 0.335 e. The SMILES string of the molecule is CCC(CC)NC(=O)C(C)S(=O)c1ccc(C(=O)O)cc1. The molecule has 0 aliphatic rings. The van der Waals surface area contributed by atoms with Gasteiger partial charge in [-0.1, -0.05) is 13.8 Å². The molecular weight excluding hydrogens is 290 g/mol. The number of rotatable bonds is 7. The molecule has 6 heteroatoms. The van der Waals surface area contributed by atoms with E-state index in [2.05, 4.69) is 5.32 Å². The van der Waals surface area contributed by atoms with Crippen LogP contribution in [0.2, 0.25) is 0 Å². The Balaban J connectivity index is 2.77. The first-order valence-corrected chi connectivity index (χ1v) is 8.16. The smallest absolute Gasteiger partial charge is 0.335 e. The number of hydrogen-bond donors (Lipinski definition) is 2. The summed E-state index contributed by atoms with van der Waals surface area (Å²) in [6, 6.07) is 5.84. The van der Waals surface area contributed by atoms with Crippen molar-refractivity contribution in [2.24, 2.45) is 0 Å². The minimum atomic E-state index is -1.51. The number of carboxylic acid groups (broad SMARTS) is 1. The number of hydrogen-bond acceptors (Lipinski definition) is 3. The van der Waals surface area contributed by atoms with E-state index >= 15 is 0 Å². The zero-order valence-electron chi connectivity index (χ0n) is 12.5. The maximum atomic E-state index is 12.3. The molecule has 0 heterocycles. The van der Waals surface area contributed by atoms with Crippen molar-refractivity contribution in [1.82, 2.24) is 5.32 Å². The van der Waals surface area contributed by atoms with E-state index in [1.54, 1.807) is 6.92 Å². The van der Waals surface area contributed by atoms with E-state index in [1.807, 2.05) is 13.8 Å². The third-order valence-electron chi connectivity index (χ3n) is 3.36. The van der Waals surface area contributed by atoms with E-state index in [0.29, 0.717) is 4.90 Å². The van der Waals surface area contributed by atoms with Gasteiger partial charge in [-0.15, -0.1) is 0 Å². The summed E-state index contributed by atoms with van der Waals surface area (Å²) < 4.78 is 12.3. The third kappa shape index (κ3) is 4.67.